The van der Waals surface area contributed by atoms with Gasteiger partial charge >= 0.3 is 21.1 Å². The second-order valence-electron chi connectivity index (χ2n) is 7.77. The van der Waals surface area contributed by atoms with Gasteiger partial charge in [-0.3, -0.25) is 0 Å². The quantitative estimate of drug-likeness (QED) is 0.181. The summed E-state index contributed by atoms with van der Waals surface area (Å²) in [5, 5.41) is 0. The summed E-state index contributed by atoms with van der Waals surface area (Å²) in [6.07, 6.45) is 0. The van der Waals surface area contributed by atoms with E-state index in [1.54, 1.807) is 0 Å². The molecule has 0 atom stereocenters. The maximum atomic E-state index is 3.55. The summed E-state index contributed by atoms with van der Waals surface area (Å²) in [5.41, 5.74) is 8.85. The Morgan fingerprint density at radius 3 is 1.73 bits per heavy atom. The number of rotatable bonds is 3. The van der Waals surface area contributed by atoms with Crippen LogP contribution in [0.4, 0.5) is 0 Å². The molecule has 6 rings (SSSR count). The molecule has 33 heavy (non-hydrogen) atoms. The van der Waals surface area contributed by atoms with E-state index in [4.69, 9.17) is 0 Å². The number of hydrogen-bond donors (Lipinski definition) is 0. The third-order valence-electron chi connectivity index (χ3n) is 6.21. The van der Waals surface area contributed by atoms with E-state index in [1.807, 2.05) is 42.5 Å². The van der Waals surface area contributed by atoms with Crippen LogP contribution in [0.5, 0.6) is 0 Å². The average Bonchev–Trinajstić information content (AvgIpc) is 3.17. The first-order valence-corrected chi connectivity index (χ1v) is 10.5. The van der Waals surface area contributed by atoms with Crippen molar-refractivity contribution in [3.63, 3.8) is 0 Å². The summed E-state index contributed by atoms with van der Waals surface area (Å²) in [4.78, 5) is 0. The Bertz CT molecular complexity index is 1320. The fourth-order valence-corrected chi connectivity index (χ4v) is 5.00. The second kappa shape index (κ2) is 10.0. The molecule has 0 fully saturated rings. The average molecular weight is 663 g/mol. The molecule has 5 aromatic rings. The summed E-state index contributed by atoms with van der Waals surface area (Å²) >= 11 is 0. The maximum Gasteiger partial charge on any atom is 2.00 e. The van der Waals surface area contributed by atoms with Crippen LogP contribution in [0.2, 0.25) is 0 Å². The molecule has 0 amide bonds. The van der Waals surface area contributed by atoms with Gasteiger partial charge in [0.25, 0.3) is 0 Å². The van der Waals surface area contributed by atoms with Crippen molar-refractivity contribution in [1.82, 2.24) is 0 Å². The van der Waals surface area contributed by atoms with Crippen molar-refractivity contribution in [2.24, 2.45) is 0 Å². The van der Waals surface area contributed by atoms with Gasteiger partial charge in [-0.1, -0.05) is 29.8 Å². The van der Waals surface area contributed by atoms with Gasteiger partial charge in [0, 0.05) is 38.1 Å². The summed E-state index contributed by atoms with van der Waals surface area (Å²) in [7, 11) is 0. The van der Waals surface area contributed by atoms with E-state index in [9.17, 15) is 0 Å². The Kier molecular flexibility index (Phi) is 7.30. The SMILES string of the molecule is [W+2].[Y].[c-]1ccccc1-c1[c-]ccc2c1-c1ccccc1C2(c1[c-]cccc1)c1[c-]cccc1. The van der Waals surface area contributed by atoms with E-state index < -0.39 is 5.41 Å². The van der Waals surface area contributed by atoms with Crippen molar-refractivity contribution in [1.29, 1.82) is 0 Å². The van der Waals surface area contributed by atoms with Crippen LogP contribution in [-0.4, -0.2) is 0 Å². The molecule has 2 heteroatoms. The third kappa shape index (κ3) is 3.74. The van der Waals surface area contributed by atoms with Crippen molar-refractivity contribution in [2.75, 3.05) is 0 Å². The summed E-state index contributed by atoms with van der Waals surface area (Å²) < 4.78 is 0. The van der Waals surface area contributed by atoms with Gasteiger partial charge in [0.05, 0.1) is 0 Å². The van der Waals surface area contributed by atoms with Crippen LogP contribution in [0.3, 0.4) is 0 Å². The smallest absolute Gasteiger partial charge is 0.226 e. The largest absolute Gasteiger partial charge is 2.00 e. The van der Waals surface area contributed by atoms with E-state index in [1.165, 1.54) is 22.3 Å². The fraction of sp³-hybridized carbons (Fsp3) is 0.0323. The molecule has 0 aliphatic heterocycles. The molecule has 5 aromatic carbocycles. The summed E-state index contributed by atoms with van der Waals surface area (Å²) in [6.45, 7) is 0. The number of hydrogen-bond acceptors (Lipinski definition) is 0. The first-order valence-electron chi connectivity index (χ1n) is 10.5. The molecule has 0 spiro atoms. The molecule has 0 saturated heterocycles. The van der Waals surface area contributed by atoms with Crippen LogP contribution >= 0.6 is 0 Å². The maximum absolute atomic E-state index is 3.55. The zero-order chi connectivity index (χ0) is 20.7. The molecule has 0 N–H and O–H groups in total. The molecule has 153 valence electrons. The molecular weight excluding hydrogens is 645 g/mol. The van der Waals surface area contributed by atoms with Crippen LogP contribution in [0.1, 0.15) is 22.3 Å². The van der Waals surface area contributed by atoms with Gasteiger partial charge < -0.3 is 0 Å². The molecule has 0 aromatic heterocycles. The molecule has 1 aliphatic rings. The van der Waals surface area contributed by atoms with E-state index in [0.717, 1.165) is 22.3 Å². The number of benzene rings is 5. The van der Waals surface area contributed by atoms with Crippen molar-refractivity contribution in [2.45, 2.75) is 5.41 Å². The standard InChI is InChI=1S/C31H18.W.Y/c1-4-13-23(14-5-1)26-20-12-22-29-30(26)27-19-10-11-21-28(27)31(29,24-15-6-2-7-16-24)25-17-8-3-9-18-25;;/h1-13,15,17,19,21-22H;;/q-4;+2;. The topological polar surface area (TPSA) is 0 Å². The summed E-state index contributed by atoms with van der Waals surface area (Å²) in [6, 6.07) is 51.7. The predicted molar refractivity (Wildman–Crippen MR) is 125 cm³/mol. The van der Waals surface area contributed by atoms with Gasteiger partial charge in [0.15, 0.2) is 0 Å². The fourth-order valence-electron chi connectivity index (χ4n) is 5.00. The Hall–Kier alpha value is -2.11. The first-order chi connectivity index (χ1) is 15.4. The van der Waals surface area contributed by atoms with Gasteiger partial charge in [-0.2, -0.15) is 97.1 Å². The van der Waals surface area contributed by atoms with Gasteiger partial charge in [-0.05, 0) is 5.56 Å². The Morgan fingerprint density at radius 1 is 0.515 bits per heavy atom. The molecule has 1 radical (unpaired) electrons. The van der Waals surface area contributed by atoms with Gasteiger partial charge in [-0.15, -0.1) is 34.4 Å². The first kappa shape index (κ1) is 24.0. The predicted octanol–water partition coefficient (Wildman–Crippen LogP) is 6.91. The third-order valence-corrected chi connectivity index (χ3v) is 6.21. The minimum absolute atomic E-state index is 0. The van der Waals surface area contributed by atoms with E-state index >= 15 is 0 Å². The van der Waals surface area contributed by atoms with Crippen molar-refractivity contribution >= 4 is 0 Å². The normalized spacial score (nSPS) is 12.6. The van der Waals surface area contributed by atoms with Gasteiger partial charge in [-0.25, -0.2) is 11.1 Å². The molecule has 0 saturated carbocycles. The van der Waals surface area contributed by atoms with E-state index in [0.29, 0.717) is 0 Å². The molecular formula is C31H18WY-2. The summed E-state index contributed by atoms with van der Waals surface area (Å²) in [5.74, 6) is 0. The minimum atomic E-state index is -0.479. The zero-order valence-corrected chi connectivity index (χ0v) is 23.6. The monoisotopic (exact) mass is 663 g/mol. The molecule has 0 nitrogen and oxygen atoms in total. The Labute approximate surface area is 235 Å². The van der Waals surface area contributed by atoms with E-state index in [2.05, 4.69) is 91.0 Å². The van der Waals surface area contributed by atoms with E-state index in [-0.39, 0.29) is 53.8 Å². The Morgan fingerprint density at radius 2 is 1.12 bits per heavy atom. The van der Waals surface area contributed by atoms with Crippen LogP contribution in [0.25, 0.3) is 22.3 Å². The van der Waals surface area contributed by atoms with Crippen LogP contribution in [0.15, 0.2) is 109 Å². The van der Waals surface area contributed by atoms with Gasteiger partial charge in [0.2, 0.25) is 0 Å². The molecule has 1 aliphatic carbocycles. The van der Waals surface area contributed by atoms with Crippen molar-refractivity contribution in [3.05, 3.63) is 156 Å². The van der Waals surface area contributed by atoms with Crippen LogP contribution < -0.4 is 0 Å². The van der Waals surface area contributed by atoms with Crippen LogP contribution in [-0.2, 0) is 59.2 Å². The van der Waals surface area contributed by atoms with Crippen molar-refractivity contribution in [3.8, 4) is 22.3 Å². The number of fused-ring (bicyclic) bond motifs is 3. The molecule has 0 heterocycles. The minimum Gasteiger partial charge on any atom is -0.226 e. The Balaban J connectivity index is 0.00000130. The van der Waals surface area contributed by atoms with Gasteiger partial charge in [0.1, 0.15) is 0 Å². The second-order valence-corrected chi connectivity index (χ2v) is 7.77. The van der Waals surface area contributed by atoms with Crippen molar-refractivity contribution < 1.29 is 53.8 Å². The zero-order valence-electron chi connectivity index (χ0n) is 17.9. The van der Waals surface area contributed by atoms with Crippen LogP contribution in [0, 0.1) is 24.3 Å². The molecule has 0 unspecified atom stereocenters. The molecule has 0 bridgehead atoms.